The van der Waals surface area contributed by atoms with Gasteiger partial charge in [-0.05, 0) is 19.8 Å². The third kappa shape index (κ3) is 1.12. The SMILES string of the molecule is CC1NC(=O)C2CCCN2N1. The maximum atomic E-state index is 11.3. The Labute approximate surface area is 65.9 Å². The zero-order chi connectivity index (χ0) is 7.84. The minimum absolute atomic E-state index is 0.0891. The van der Waals surface area contributed by atoms with Crippen molar-refractivity contribution in [1.82, 2.24) is 15.8 Å². The van der Waals surface area contributed by atoms with Crippen LogP contribution in [0.1, 0.15) is 19.8 Å². The van der Waals surface area contributed by atoms with Crippen molar-refractivity contribution in [3.8, 4) is 0 Å². The molecule has 62 valence electrons. The van der Waals surface area contributed by atoms with Crippen molar-refractivity contribution in [2.75, 3.05) is 6.54 Å². The van der Waals surface area contributed by atoms with Crippen molar-refractivity contribution in [3.63, 3.8) is 0 Å². The fraction of sp³-hybridized carbons (Fsp3) is 0.857. The number of hydrogen-bond acceptors (Lipinski definition) is 3. The molecule has 4 heteroatoms. The molecule has 2 aliphatic heterocycles. The van der Waals surface area contributed by atoms with Gasteiger partial charge in [-0.15, -0.1) is 0 Å². The highest BCUT2D eigenvalue weighted by molar-refractivity contribution is 5.82. The quantitative estimate of drug-likeness (QED) is 0.492. The molecule has 4 nitrogen and oxygen atoms in total. The first-order chi connectivity index (χ1) is 5.27. The molecule has 2 saturated heterocycles. The molecule has 0 aromatic heterocycles. The van der Waals surface area contributed by atoms with E-state index in [0.717, 1.165) is 19.4 Å². The van der Waals surface area contributed by atoms with Crippen LogP contribution in [0.2, 0.25) is 0 Å². The van der Waals surface area contributed by atoms with Gasteiger partial charge in [-0.25, -0.2) is 10.4 Å². The van der Waals surface area contributed by atoms with Crippen molar-refractivity contribution in [2.24, 2.45) is 0 Å². The number of hydrazine groups is 1. The summed E-state index contributed by atoms with van der Waals surface area (Å²) in [4.78, 5) is 11.3. The number of amides is 1. The second-order valence-corrected chi connectivity index (χ2v) is 3.21. The summed E-state index contributed by atoms with van der Waals surface area (Å²) in [6.07, 6.45) is 2.21. The van der Waals surface area contributed by atoms with Crippen molar-refractivity contribution >= 4 is 5.91 Å². The van der Waals surface area contributed by atoms with Crippen LogP contribution in [0.5, 0.6) is 0 Å². The molecule has 2 unspecified atom stereocenters. The first-order valence-corrected chi connectivity index (χ1v) is 4.10. The summed E-state index contributed by atoms with van der Waals surface area (Å²) >= 11 is 0. The average Bonchev–Trinajstić information content (AvgIpc) is 2.34. The van der Waals surface area contributed by atoms with Gasteiger partial charge in [-0.2, -0.15) is 0 Å². The van der Waals surface area contributed by atoms with Gasteiger partial charge in [0.2, 0.25) is 5.91 Å². The maximum Gasteiger partial charge on any atom is 0.240 e. The van der Waals surface area contributed by atoms with Gasteiger partial charge in [-0.1, -0.05) is 0 Å². The molecule has 0 bridgehead atoms. The molecule has 2 fully saturated rings. The lowest BCUT2D eigenvalue weighted by Gasteiger charge is -2.34. The minimum Gasteiger partial charge on any atom is -0.338 e. The number of carbonyl (C=O) groups is 1. The van der Waals surface area contributed by atoms with Gasteiger partial charge in [0.05, 0.1) is 6.17 Å². The molecule has 0 spiro atoms. The molecule has 0 aromatic carbocycles. The van der Waals surface area contributed by atoms with E-state index in [2.05, 4.69) is 10.7 Å². The summed E-state index contributed by atoms with van der Waals surface area (Å²) in [6, 6.07) is 0.0891. The molecule has 2 rings (SSSR count). The maximum absolute atomic E-state index is 11.3. The summed E-state index contributed by atoms with van der Waals surface area (Å²) in [7, 11) is 0. The fourth-order valence-corrected chi connectivity index (χ4v) is 1.78. The van der Waals surface area contributed by atoms with Crippen molar-refractivity contribution in [1.29, 1.82) is 0 Å². The standard InChI is InChI=1S/C7H13N3O/c1-5-8-7(11)6-3-2-4-10(6)9-5/h5-6,9H,2-4H2,1H3,(H,8,11). The van der Waals surface area contributed by atoms with Gasteiger partial charge in [0.15, 0.2) is 0 Å². The van der Waals surface area contributed by atoms with Crippen LogP contribution in [-0.4, -0.2) is 29.7 Å². The Morgan fingerprint density at radius 1 is 1.64 bits per heavy atom. The van der Waals surface area contributed by atoms with Crippen LogP contribution in [0.15, 0.2) is 0 Å². The second-order valence-electron chi connectivity index (χ2n) is 3.21. The van der Waals surface area contributed by atoms with Crippen molar-refractivity contribution in [3.05, 3.63) is 0 Å². The van der Waals surface area contributed by atoms with E-state index in [-0.39, 0.29) is 18.1 Å². The predicted molar refractivity (Wildman–Crippen MR) is 40.5 cm³/mol. The first-order valence-electron chi connectivity index (χ1n) is 4.10. The second kappa shape index (κ2) is 2.46. The lowest BCUT2D eigenvalue weighted by Crippen LogP contribution is -2.63. The highest BCUT2D eigenvalue weighted by Gasteiger charge is 2.35. The van der Waals surface area contributed by atoms with E-state index < -0.39 is 0 Å². The van der Waals surface area contributed by atoms with Gasteiger partial charge in [0, 0.05) is 6.54 Å². The van der Waals surface area contributed by atoms with E-state index in [1.807, 2.05) is 11.9 Å². The lowest BCUT2D eigenvalue weighted by molar-refractivity contribution is -0.132. The smallest absolute Gasteiger partial charge is 0.240 e. The number of nitrogens with zero attached hydrogens (tertiary/aromatic N) is 1. The topological polar surface area (TPSA) is 44.4 Å². The molecule has 1 amide bonds. The predicted octanol–water partition coefficient (Wildman–Crippen LogP) is -0.569. The van der Waals surface area contributed by atoms with Crippen LogP contribution < -0.4 is 10.7 Å². The van der Waals surface area contributed by atoms with E-state index >= 15 is 0 Å². The third-order valence-corrected chi connectivity index (χ3v) is 2.27. The molecule has 2 heterocycles. The highest BCUT2D eigenvalue weighted by Crippen LogP contribution is 2.17. The molecular weight excluding hydrogens is 142 g/mol. The number of fused-ring (bicyclic) bond motifs is 1. The summed E-state index contributed by atoms with van der Waals surface area (Å²) < 4.78 is 0. The zero-order valence-electron chi connectivity index (χ0n) is 6.63. The van der Waals surface area contributed by atoms with E-state index in [1.54, 1.807) is 0 Å². The molecule has 11 heavy (non-hydrogen) atoms. The van der Waals surface area contributed by atoms with Gasteiger partial charge in [0.25, 0.3) is 0 Å². The molecule has 0 aliphatic carbocycles. The number of hydrogen-bond donors (Lipinski definition) is 2. The normalized spacial score (nSPS) is 38.5. The molecule has 0 aromatic rings. The number of carbonyl (C=O) groups excluding carboxylic acids is 1. The molecule has 0 radical (unpaired) electrons. The number of rotatable bonds is 0. The fourth-order valence-electron chi connectivity index (χ4n) is 1.78. The van der Waals surface area contributed by atoms with Gasteiger partial charge in [0.1, 0.15) is 6.04 Å². The summed E-state index contributed by atoms with van der Waals surface area (Å²) in [6.45, 7) is 2.95. The van der Waals surface area contributed by atoms with E-state index in [1.165, 1.54) is 0 Å². The monoisotopic (exact) mass is 155 g/mol. The molecule has 2 atom stereocenters. The minimum atomic E-state index is 0.0891. The summed E-state index contributed by atoms with van der Waals surface area (Å²) in [5.74, 6) is 0.175. The molecular formula is C7H13N3O. The Balaban J connectivity index is 2.10. The highest BCUT2D eigenvalue weighted by atomic mass is 16.2. The van der Waals surface area contributed by atoms with Crippen LogP contribution in [0, 0.1) is 0 Å². The van der Waals surface area contributed by atoms with Gasteiger partial charge >= 0.3 is 0 Å². The van der Waals surface area contributed by atoms with Gasteiger partial charge in [-0.3, -0.25) is 4.79 Å². The largest absolute Gasteiger partial charge is 0.338 e. The zero-order valence-corrected chi connectivity index (χ0v) is 6.63. The van der Waals surface area contributed by atoms with Crippen LogP contribution in [-0.2, 0) is 4.79 Å². The van der Waals surface area contributed by atoms with E-state index in [0.29, 0.717) is 0 Å². The Morgan fingerprint density at radius 3 is 3.27 bits per heavy atom. The van der Waals surface area contributed by atoms with Crippen molar-refractivity contribution in [2.45, 2.75) is 32.0 Å². The molecule has 2 N–H and O–H groups in total. The van der Waals surface area contributed by atoms with Gasteiger partial charge < -0.3 is 5.32 Å². The molecule has 2 aliphatic rings. The van der Waals surface area contributed by atoms with Crippen LogP contribution in [0.25, 0.3) is 0 Å². The van der Waals surface area contributed by atoms with Crippen LogP contribution in [0.4, 0.5) is 0 Å². The number of nitrogens with one attached hydrogen (secondary N) is 2. The van der Waals surface area contributed by atoms with E-state index in [4.69, 9.17) is 0 Å². The Hall–Kier alpha value is -0.610. The summed E-state index contributed by atoms with van der Waals surface area (Å²) in [5, 5.41) is 4.90. The summed E-state index contributed by atoms with van der Waals surface area (Å²) in [5.41, 5.74) is 3.21. The van der Waals surface area contributed by atoms with Crippen molar-refractivity contribution < 1.29 is 4.79 Å². The Kier molecular flexibility index (Phi) is 1.58. The van der Waals surface area contributed by atoms with Crippen LogP contribution >= 0.6 is 0 Å². The Bertz CT molecular complexity index is 183. The van der Waals surface area contributed by atoms with E-state index in [9.17, 15) is 4.79 Å². The lowest BCUT2D eigenvalue weighted by atomic mass is 10.2. The first kappa shape index (κ1) is 7.06. The molecule has 0 saturated carbocycles. The third-order valence-electron chi connectivity index (χ3n) is 2.27. The Morgan fingerprint density at radius 2 is 2.45 bits per heavy atom. The average molecular weight is 155 g/mol. The van der Waals surface area contributed by atoms with Crippen LogP contribution in [0.3, 0.4) is 0 Å².